The van der Waals surface area contributed by atoms with Crippen molar-refractivity contribution in [1.29, 1.82) is 0 Å². The number of aryl methyl sites for hydroxylation is 1. The van der Waals surface area contributed by atoms with E-state index in [0.717, 1.165) is 10.2 Å². The molecule has 1 aliphatic rings. The lowest BCUT2D eigenvalue weighted by Gasteiger charge is -2.17. The first-order valence-corrected chi connectivity index (χ1v) is 10.1. The summed E-state index contributed by atoms with van der Waals surface area (Å²) in [6.07, 6.45) is 0. The zero-order valence-electron chi connectivity index (χ0n) is 16.2. The maximum absolute atomic E-state index is 13.2. The van der Waals surface area contributed by atoms with Gasteiger partial charge in [0.05, 0.1) is 32.9 Å². The predicted octanol–water partition coefficient (Wildman–Crippen LogP) is 4.26. The quantitative estimate of drug-likeness (QED) is 0.532. The predicted molar refractivity (Wildman–Crippen MR) is 112 cm³/mol. The van der Waals surface area contributed by atoms with E-state index in [2.05, 4.69) is 15.4 Å². The van der Waals surface area contributed by atoms with Gasteiger partial charge in [-0.1, -0.05) is 11.3 Å². The number of carbonyl (C=O) groups is 1. The second-order valence-electron chi connectivity index (χ2n) is 6.87. The average Bonchev–Trinajstić information content (AvgIpc) is 3.25. The molecule has 0 radical (unpaired) electrons. The summed E-state index contributed by atoms with van der Waals surface area (Å²) in [6, 6.07) is 9.66. The summed E-state index contributed by atoms with van der Waals surface area (Å²) in [6.45, 7) is 4.59. The molecule has 152 valence electrons. The summed E-state index contributed by atoms with van der Waals surface area (Å²) in [4.78, 5) is 17.5. The number of nitrogens with one attached hydrogen (secondary N) is 1. The molecule has 0 atom stereocenters. The second kappa shape index (κ2) is 7.10. The summed E-state index contributed by atoms with van der Waals surface area (Å²) in [5.74, 6) is 0.716. The fraction of sp³-hybridized carbons (Fsp3) is 0.190. The van der Waals surface area contributed by atoms with Crippen molar-refractivity contribution >= 4 is 32.6 Å². The molecule has 1 amide bonds. The third-order valence-corrected chi connectivity index (χ3v) is 5.80. The Labute approximate surface area is 175 Å². The third-order valence-electron chi connectivity index (χ3n) is 4.86. The summed E-state index contributed by atoms with van der Waals surface area (Å²) in [5, 5.41) is 7.80. The van der Waals surface area contributed by atoms with Crippen LogP contribution in [0.5, 0.6) is 11.5 Å². The highest BCUT2D eigenvalue weighted by atomic mass is 32.1. The number of aromatic nitrogens is 3. The van der Waals surface area contributed by atoms with E-state index < -0.39 is 0 Å². The number of hydrogen-bond acceptors (Lipinski definition) is 6. The zero-order valence-corrected chi connectivity index (χ0v) is 17.0. The van der Waals surface area contributed by atoms with Crippen LogP contribution in [0.2, 0.25) is 0 Å². The molecule has 0 saturated carbocycles. The van der Waals surface area contributed by atoms with Crippen molar-refractivity contribution in [1.82, 2.24) is 14.8 Å². The van der Waals surface area contributed by atoms with E-state index in [1.165, 1.54) is 23.5 Å². The van der Waals surface area contributed by atoms with Gasteiger partial charge in [0.1, 0.15) is 19.0 Å². The maximum atomic E-state index is 13.2. The highest BCUT2D eigenvalue weighted by Gasteiger charge is 2.21. The fourth-order valence-electron chi connectivity index (χ4n) is 3.48. The van der Waals surface area contributed by atoms with Gasteiger partial charge in [0.2, 0.25) is 0 Å². The van der Waals surface area contributed by atoms with Crippen LogP contribution in [0.3, 0.4) is 0 Å². The molecule has 0 bridgehead atoms. The van der Waals surface area contributed by atoms with E-state index in [1.807, 2.05) is 12.1 Å². The first-order chi connectivity index (χ1) is 14.5. The van der Waals surface area contributed by atoms with Crippen LogP contribution in [0.25, 0.3) is 15.9 Å². The highest BCUT2D eigenvalue weighted by Crippen LogP contribution is 2.38. The van der Waals surface area contributed by atoms with Gasteiger partial charge in [0.15, 0.2) is 16.6 Å². The van der Waals surface area contributed by atoms with Gasteiger partial charge >= 0.3 is 0 Å². The standard InChI is InChI=1S/C21H17FN4O3S/c1-11-19(12(2)26(25-11)14-5-3-13(22)4-6-14)20(27)24-21-23-15-9-16-17(10-18(15)30-21)29-8-7-28-16/h3-6,9-10H,7-8H2,1-2H3,(H,23,24,27). The number of ether oxygens (including phenoxy) is 2. The Balaban J connectivity index is 1.45. The summed E-state index contributed by atoms with van der Waals surface area (Å²) in [5.41, 5.74) is 3.11. The van der Waals surface area contributed by atoms with Gasteiger partial charge in [-0.25, -0.2) is 14.1 Å². The average molecular weight is 424 g/mol. The number of nitrogens with zero attached hydrogens (tertiary/aromatic N) is 3. The Morgan fingerprint density at radius 1 is 1.13 bits per heavy atom. The van der Waals surface area contributed by atoms with Crippen LogP contribution >= 0.6 is 11.3 Å². The smallest absolute Gasteiger partial charge is 0.261 e. The van der Waals surface area contributed by atoms with Gasteiger partial charge in [-0.2, -0.15) is 5.10 Å². The molecule has 0 spiro atoms. The molecule has 0 unspecified atom stereocenters. The lowest BCUT2D eigenvalue weighted by Crippen LogP contribution is -2.15. The Morgan fingerprint density at radius 2 is 1.83 bits per heavy atom. The SMILES string of the molecule is Cc1nn(-c2ccc(F)cc2)c(C)c1C(=O)Nc1nc2cc3c(cc2s1)OCCO3. The van der Waals surface area contributed by atoms with Crippen LogP contribution in [0.1, 0.15) is 21.7 Å². The molecule has 1 N–H and O–H groups in total. The van der Waals surface area contributed by atoms with Crippen LogP contribution < -0.4 is 14.8 Å². The van der Waals surface area contributed by atoms with E-state index in [1.54, 1.807) is 30.7 Å². The number of hydrogen-bond donors (Lipinski definition) is 1. The fourth-order valence-corrected chi connectivity index (χ4v) is 4.35. The van der Waals surface area contributed by atoms with Crippen LogP contribution in [0, 0.1) is 19.7 Å². The van der Waals surface area contributed by atoms with Crippen LogP contribution in [0.4, 0.5) is 9.52 Å². The summed E-state index contributed by atoms with van der Waals surface area (Å²) < 4.78 is 27.0. The monoisotopic (exact) mass is 424 g/mol. The van der Waals surface area contributed by atoms with Crippen molar-refractivity contribution in [2.45, 2.75) is 13.8 Å². The Morgan fingerprint density at radius 3 is 2.57 bits per heavy atom. The Bertz CT molecular complexity index is 1240. The number of rotatable bonds is 3. The number of halogens is 1. The summed E-state index contributed by atoms with van der Waals surface area (Å²) >= 11 is 1.36. The van der Waals surface area contributed by atoms with E-state index in [9.17, 15) is 9.18 Å². The normalized spacial score (nSPS) is 12.9. The largest absolute Gasteiger partial charge is 0.486 e. The Kier molecular flexibility index (Phi) is 4.39. The van der Waals surface area contributed by atoms with Gasteiger partial charge in [-0.05, 0) is 38.1 Å². The molecule has 3 heterocycles. The van der Waals surface area contributed by atoms with E-state index >= 15 is 0 Å². The third kappa shape index (κ3) is 3.17. The molecule has 1 aliphatic heterocycles. The molecule has 0 aliphatic carbocycles. The van der Waals surface area contributed by atoms with E-state index in [4.69, 9.17) is 9.47 Å². The number of carbonyl (C=O) groups excluding carboxylic acids is 1. The number of thiazole rings is 1. The van der Waals surface area contributed by atoms with Crippen LogP contribution in [0.15, 0.2) is 36.4 Å². The molecule has 4 aromatic rings. The molecule has 2 aromatic carbocycles. The Hall–Kier alpha value is -3.46. The van der Waals surface area contributed by atoms with Crippen molar-refractivity contribution in [3.63, 3.8) is 0 Å². The number of benzene rings is 2. The lowest BCUT2D eigenvalue weighted by atomic mass is 10.2. The lowest BCUT2D eigenvalue weighted by molar-refractivity contribution is 0.102. The van der Waals surface area contributed by atoms with Gasteiger partial charge in [0, 0.05) is 12.1 Å². The van der Waals surface area contributed by atoms with Crippen LogP contribution in [-0.4, -0.2) is 33.9 Å². The molecule has 9 heteroatoms. The molecule has 0 fully saturated rings. The maximum Gasteiger partial charge on any atom is 0.261 e. The number of anilines is 1. The first kappa shape index (κ1) is 18.6. The van der Waals surface area contributed by atoms with Gasteiger partial charge in [-0.15, -0.1) is 0 Å². The van der Waals surface area contributed by atoms with Crippen molar-refractivity contribution in [2.24, 2.45) is 0 Å². The van der Waals surface area contributed by atoms with Crippen molar-refractivity contribution in [3.8, 4) is 17.2 Å². The zero-order chi connectivity index (χ0) is 20.8. The second-order valence-corrected chi connectivity index (χ2v) is 7.90. The summed E-state index contributed by atoms with van der Waals surface area (Å²) in [7, 11) is 0. The first-order valence-electron chi connectivity index (χ1n) is 9.33. The molecule has 30 heavy (non-hydrogen) atoms. The molecule has 7 nitrogen and oxygen atoms in total. The number of fused-ring (bicyclic) bond motifs is 2. The molecule has 2 aromatic heterocycles. The molecule has 0 saturated heterocycles. The van der Waals surface area contributed by atoms with Gasteiger partial charge < -0.3 is 9.47 Å². The minimum Gasteiger partial charge on any atom is -0.486 e. The molecular weight excluding hydrogens is 407 g/mol. The van der Waals surface area contributed by atoms with Crippen molar-refractivity contribution in [2.75, 3.05) is 18.5 Å². The molecule has 5 rings (SSSR count). The molecular formula is C21H17FN4O3S. The minimum atomic E-state index is -0.327. The minimum absolute atomic E-state index is 0.297. The van der Waals surface area contributed by atoms with Gasteiger partial charge in [-0.3, -0.25) is 10.1 Å². The van der Waals surface area contributed by atoms with Crippen molar-refractivity contribution < 1.29 is 18.7 Å². The van der Waals surface area contributed by atoms with E-state index in [-0.39, 0.29) is 11.7 Å². The van der Waals surface area contributed by atoms with Crippen LogP contribution in [-0.2, 0) is 0 Å². The van der Waals surface area contributed by atoms with Gasteiger partial charge in [0.25, 0.3) is 5.91 Å². The number of amides is 1. The van der Waals surface area contributed by atoms with Crippen molar-refractivity contribution in [3.05, 3.63) is 59.2 Å². The topological polar surface area (TPSA) is 78.3 Å². The van der Waals surface area contributed by atoms with E-state index in [0.29, 0.717) is 52.5 Å². The highest BCUT2D eigenvalue weighted by molar-refractivity contribution is 7.22.